The summed E-state index contributed by atoms with van der Waals surface area (Å²) in [6.45, 7) is 2.49. The topological polar surface area (TPSA) is 60.8 Å². The van der Waals surface area contributed by atoms with Gasteiger partial charge in [0.25, 0.3) is 0 Å². The Hall–Kier alpha value is -0.770. The van der Waals surface area contributed by atoms with Gasteiger partial charge in [-0.1, -0.05) is 6.92 Å². The molecular formula is C7H13NO3. The molecule has 0 radical (unpaired) electrons. The van der Waals surface area contributed by atoms with E-state index in [1.54, 1.807) is 0 Å². The van der Waals surface area contributed by atoms with Gasteiger partial charge < -0.3 is 15.1 Å². The van der Waals surface area contributed by atoms with E-state index in [4.69, 9.17) is 10.2 Å². The molecule has 4 nitrogen and oxygen atoms in total. The summed E-state index contributed by atoms with van der Waals surface area (Å²) in [6.07, 6.45) is -0.142. The fourth-order valence-corrected chi connectivity index (χ4v) is 1.56. The van der Waals surface area contributed by atoms with Crippen LogP contribution in [-0.2, 0) is 0 Å². The Labute approximate surface area is 65.4 Å². The lowest BCUT2D eigenvalue weighted by molar-refractivity contribution is 0.118. The summed E-state index contributed by atoms with van der Waals surface area (Å²) in [5.74, 6) is 0.378. The summed E-state index contributed by atoms with van der Waals surface area (Å²) in [4.78, 5) is 11.8. The molecule has 0 aromatic heterocycles. The van der Waals surface area contributed by atoms with E-state index in [9.17, 15) is 4.79 Å². The zero-order chi connectivity index (χ0) is 8.43. The Morgan fingerprint density at radius 3 is 2.73 bits per heavy atom. The van der Waals surface area contributed by atoms with Crippen molar-refractivity contribution in [3.05, 3.63) is 0 Å². The van der Waals surface area contributed by atoms with Crippen molar-refractivity contribution in [2.24, 2.45) is 5.92 Å². The van der Waals surface area contributed by atoms with Gasteiger partial charge in [-0.3, -0.25) is 0 Å². The minimum Gasteiger partial charge on any atom is -0.465 e. The number of aliphatic hydroxyl groups is 1. The smallest absolute Gasteiger partial charge is 0.407 e. The van der Waals surface area contributed by atoms with Crippen molar-refractivity contribution < 1.29 is 15.0 Å². The van der Waals surface area contributed by atoms with Crippen LogP contribution in [0.1, 0.15) is 13.3 Å². The first-order valence-electron chi connectivity index (χ1n) is 3.75. The molecule has 2 N–H and O–H groups in total. The summed E-state index contributed by atoms with van der Waals surface area (Å²) in [7, 11) is 0. The molecule has 0 saturated carbocycles. The molecule has 0 bridgehead atoms. The molecule has 1 saturated heterocycles. The maximum Gasteiger partial charge on any atom is 0.407 e. The molecule has 0 aliphatic carbocycles. The summed E-state index contributed by atoms with van der Waals surface area (Å²) in [6, 6.07) is -0.178. The van der Waals surface area contributed by atoms with E-state index >= 15 is 0 Å². The predicted octanol–water partition coefficient (Wildman–Crippen LogP) is 0.367. The maximum absolute atomic E-state index is 10.5. The molecule has 1 aliphatic rings. The Balaban J connectivity index is 2.57. The van der Waals surface area contributed by atoms with E-state index in [2.05, 4.69) is 0 Å². The molecule has 2 atom stereocenters. The van der Waals surface area contributed by atoms with Crippen LogP contribution < -0.4 is 0 Å². The van der Waals surface area contributed by atoms with Gasteiger partial charge >= 0.3 is 6.09 Å². The third-order valence-corrected chi connectivity index (χ3v) is 2.08. The van der Waals surface area contributed by atoms with E-state index in [0.29, 0.717) is 12.5 Å². The molecule has 0 aromatic rings. The SMILES string of the molecule is CC1C[C@@H](CO)N(C(=O)O)C1. The fraction of sp³-hybridized carbons (Fsp3) is 0.857. The first kappa shape index (κ1) is 8.33. The molecule has 1 heterocycles. The largest absolute Gasteiger partial charge is 0.465 e. The van der Waals surface area contributed by atoms with Gasteiger partial charge in [-0.15, -0.1) is 0 Å². The minimum absolute atomic E-state index is 0.0589. The molecule has 64 valence electrons. The molecule has 1 fully saturated rings. The van der Waals surface area contributed by atoms with Crippen molar-refractivity contribution in [1.29, 1.82) is 0 Å². The van der Waals surface area contributed by atoms with Gasteiger partial charge in [-0.2, -0.15) is 0 Å². The average Bonchev–Trinajstić information content (AvgIpc) is 2.30. The highest BCUT2D eigenvalue weighted by atomic mass is 16.4. The van der Waals surface area contributed by atoms with Crippen LogP contribution in [0.25, 0.3) is 0 Å². The van der Waals surface area contributed by atoms with Crippen molar-refractivity contribution in [2.45, 2.75) is 19.4 Å². The third kappa shape index (κ3) is 1.63. The van der Waals surface area contributed by atoms with E-state index in [1.807, 2.05) is 6.92 Å². The lowest BCUT2D eigenvalue weighted by Crippen LogP contribution is -2.36. The van der Waals surface area contributed by atoms with Crippen LogP contribution >= 0.6 is 0 Å². The van der Waals surface area contributed by atoms with Crippen molar-refractivity contribution in [3.8, 4) is 0 Å². The molecule has 11 heavy (non-hydrogen) atoms. The number of likely N-dealkylation sites (tertiary alicyclic amines) is 1. The van der Waals surface area contributed by atoms with Crippen LogP contribution in [0.15, 0.2) is 0 Å². The van der Waals surface area contributed by atoms with Crippen LogP contribution in [0.3, 0.4) is 0 Å². The number of carbonyl (C=O) groups is 1. The number of amides is 1. The van der Waals surface area contributed by atoms with Crippen LogP contribution in [0.5, 0.6) is 0 Å². The second kappa shape index (κ2) is 3.09. The second-order valence-corrected chi connectivity index (χ2v) is 3.11. The van der Waals surface area contributed by atoms with E-state index in [-0.39, 0.29) is 12.6 Å². The van der Waals surface area contributed by atoms with Gasteiger partial charge in [0.2, 0.25) is 0 Å². The maximum atomic E-state index is 10.5. The Bertz CT molecular complexity index is 160. The number of hydrogen-bond donors (Lipinski definition) is 2. The number of hydrogen-bond acceptors (Lipinski definition) is 2. The average molecular weight is 159 g/mol. The molecule has 1 aliphatic heterocycles. The van der Waals surface area contributed by atoms with Crippen molar-refractivity contribution in [1.82, 2.24) is 4.90 Å². The minimum atomic E-state index is -0.923. The lowest BCUT2D eigenvalue weighted by Gasteiger charge is -2.18. The number of carboxylic acid groups (broad SMARTS) is 1. The standard InChI is InChI=1S/C7H13NO3/c1-5-2-6(4-9)8(3-5)7(10)11/h5-6,9H,2-4H2,1H3,(H,10,11)/t5?,6-/m0/s1. The zero-order valence-electron chi connectivity index (χ0n) is 6.53. The molecule has 1 rings (SSSR count). The first-order valence-corrected chi connectivity index (χ1v) is 3.75. The third-order valence-electron chi connectivity index (χ3n) is 2.08. The van der Waals surface area contributed by atoms with Gasteiger partial charge in [0.05, 0.1) is 12.6 Å². The quantitative estimate of drug-likeness (QED) is 0.581. The summed E-state index contributed by atoms with van der Waals surface area (Å²) in [5.41, 5.74) is 0. The highest BCUT2D eigenvalue weighted by Crippen LogP contribution is 2.21. The van der Waals surface area contributed by atoms with Gasteiger partial charge in [-0.05, 0) is 12.3 Å². The van der Waals surface area contributed by atoms with Crippen LogP contribution in [0.4, 0.5) is 4.79 Å². The van der Waals surface area contributed by atoms with Gasteiger partial charge in [0.1, 0.15) is 0 Å². The van der Waals surface area contributed by atoms with E-state index < -0.39 is 6.09 Å². The van der Waals surface area contributed by atoms with Crippen molar-refractivity contribution in [3.63, 3.8) is 0 Å². The molecule has 1 unspecified atom stereocenters. The molecule has 1 amide bonds. The Morgan fingerprint density at radius 2 is 2.36 bits per heavy atom. The van der Waals surface area contributed by atoms with Gasteiger partial charge in [0.15, 0.2) is 0 Å². The second-order valence-electron chi connectivity index (χ2n) is 3.11. The van der Waals surface area contributed by atoms with E-state index in [0.717, 1.165) is 6.42 Å². The zero-order valence-corrected chi connectivity index (χ0v) is 6.53. The Kier molecular flexibility index (Phi) is 2.34. The fourth-order valence-electron chi connectivity index (χ4n) is 1.56. The Morgan fingerprint density at radius 1 is 1.73 bits per heavy atom. The van der Waals surface area contributed by atoms with Gasteiger partial charge in [-0.25, -0.2) is 4.79 Å². The number of rotatable bonds is 1. The monoisotopic (exact) mass is 159 g/mol. The first-order chi connectivity index (χ1) is 5.15. The lowest BCUT2D eigenvalue weighted by atomic mass is 10.1. The number of aliphatic hydroxyl groups excluding tert-OH is 1. The summed E-state index contributed by atoms with van der Waals surface area (Å²) >= 11 is 0. The highest BCUT2D eigenvalue weighted by Gasteiger charge is 2.32. The predicted molar refractivity (Wildman–Crippen MR) is 39.4 cm³/mol. The molecule has 4 heteroatoms. The number of nitrogens with zero attached hydrogens (tertiary/aromatic N) is 1. The van der Waals surface area contributed by atoms with Crippen LogP contribution in [-0.4, -0.2) is 40.4 Å². The highest BCUT2D eigenvalue weighted by molar-refractivity contribution is 5.65. The van der Waals surface area contributed by atoms with E-state index in [1.165, 1.54) is 4.90 Å². The van der Waals surface area contributed by atoms with Crippen molar-refractivity contribution >= 4 is 6.09 Å². The van der Waals surface area contributed by atoms with Crippen molar-refractivity contribution in [2.75, 3.05) is 13.2 Å². The summed E-state index contributed by atoms with van der Waals surface area (Å²) in [5, 5.41) is 17.4. The molecule has 0 spiro atoms. The molecular weight excluding hydrogens is 146 g/mol. The van der Waals surface area contributed by atoms with Crippen LogP contribution in [0.2, 0.25) is 0 Å². The molecule has 0 aromatic carbocycles. The van der Waals surface area contributed by atoms with Crippen LogP contribution in [0, 0.1) is 5.92 Å². The summed E-state index contributed by atoms with van der Waals surface area (Å²) < 4.78 is 0. The van der Waals surface area contributed by atoms with Gasteiger partial charge in [0, 0.05) is 6.54 Å². The normalized spacial score (nSPS) is 30.9.